The maximum absolute atomic E-state index is 11.3. The molecule has 0 fully saturated rings. The SMILES string of the molecule is N.O=S(=O)(O)OCCC(F)(F)F. The van der Waals surface area contributed by atoms with Gasteiger partial charge in [-0.2, -0.15) is 21.6 Å². The van der Waals surface area contributed by atoms with Crippen LogP contribution in [0.15, 0.2) is 0 Å². The molecule has 0 heterocycles. The zero-order chi connectivity index (χ0) is 9.12. The van der Waals surface area contributed by atoms with Gasteiger partial charge in [0.1, 0.15) is 0 Å². The van der Waals surface area contributed by atoms with Crippen molar-refractivity contribution >= 4 is 10.4 Å². The molecule has 0 saturated carbocycles. The lowest BCUT2D eigenvalue weighted by molar-refractivity contribution is -0.139. The van der Waals surface area contributed by atoms with Crippen LogP contribution in [0.5, 0.6) is 0 Å². The van der Waals surface area contributed by atoms with E-state index in [0.29, 0.717) is 0 Å². The summed E-state index contributed by atoms with van der Waals surface area (Å²) in [5.41, 5.74) is 0. The molecule has 0 bridgehead atoms. The van der Waals surface area contributed by atoms with E-state index in [2.05, 4.69) is 4.18 Å². The summed E-state index contributed by atoms with van der Waals surface area (Å²) >= 11 is 0. The molecule has 0 aliphatic carbocycles. The zero-order valence-electron chi connectivity index (χ0n) is 5.84. The molecule has 0 rings (SSSR count). The molecule has 0 aromatic heterocycles. The average Bonchev–Trinajstić information content (AvgIpc) is 1.55. The van der Waals surface area contributed by atoms with Crippen molar-refractivity contribution in [2.75, 3.05) is 6.61 Å². The molecule has 12 heavy (non-hydrogen) atoms. The first-order chi connectivity index (χ1) is 4.71. The van der Waals surface area contributed by atoms with Gasteiger partial charge in [-0.15, -0.1) is 0 Å². The highest BCUT2D eigenvalue weighted by Crippen LogP contribution is 2.19. The predicted octanol–water partition coefficient (Wildman–Crippen LogP) is 0.920. The molecule has 9 heteroatoms. The third kappa shape index (κ3) is 12.3. The zero-order valence-corrected chi connectivity index (χ0v) is 6.65. The Morgan fingerprint density at radius 3 is 2.00 bits per heavy atom. The fraction of sp³-hybridized carbons (Fsp3) is 1.00. The van der Waals surface area contributed by atoms with Crippen LogP contribution in [0.2, 0.25) is 0 Å². The van der Waals surface area contributed by atoms with Crippen molar-refractivity contribution in [2.24, 2.45) is 0 Å². The first-order valence-corrected chi connectivity index (χ1v) is 3.76. The van der Waals surface area contributed by atoms with Gasteiger partial charge in [0.15, 0.2) is 0 Å². The van der Waals surface area contributed by atoms with Gasteiger partial charge in [0, 0.05) is 0 Å². The van der Waals surface area contributed by atoms with Gasteiger partial charge in [-0.1, -0.05) is 0 Å². The Kier molecular flexibility index (Phi) is 5.43. The van der Waals surface area contributed by atoms with Crippen LogP contribution in [0.25, 0.3) is 0 Å². The van der Waals surface area contributed by atoms with Crippen LogP contribution in [-0.2, 0) is 14.6 Å². The Labute approximate surface area is 67.1 Å². The topological polar surface area (TPSA) is 98.6 Å². The molecule has 5 nitrogen and oxygen atoms in total. The van der Waals surface area contributed by atoms with Crippen molar-refractivity contribution in [3.63, 3.8) is 0 Å². The van der Waals surface area contributed by atoms with Gasteiger partial charge in [-0.3, -0.25) is 4.55 Å². The first-order valence-electron chi connectivity index (χ1n) is 2.39. The van der Waals surface area contributed by atoms with Gasteiger partial charge < -0.3 is 6.15 Å². The standard InChI is InChI=1S/C3H5F3O4S.H3N/c4-3(5,6)1-2-10-11(7,8)9;/h1-2H2,(H,7,8,9);1H3. The highest BCUT2D eigenvalue weighted by Gasteiger charge is 2.27. The summed E-state index contributed by atoms with van der Waals surface area (Å²) < 4.78 is 64.4. The van der Waals surface area contributed by atoms with Gasteiger partial charge in [-0.05, 0) is 0 Å². The largest absolute Gasteiger partial charge is 0.397 e. The van der Waals surface area contributed by atoms with Crippen molar-refractivity contribution in [1.82, 2.24) is 6.15 Å². The van der Waals surface area contributed by atoms with Crippen molar-refractivity contribution in [2.45, 2.75) is 12.6 Å². The molecule has 0 aromatic carbocycles. The van der Waals surface area contributed by atoms with Gasteiger partial charge in [0.05, 0.1) is 13.0 Å². The number of rotatable bonds is 3. The molecule has 0 aliphatic heterocycles. The molecule has 0 aromatic rings. The van der Waals surface area contributed by atoms with Crippen LogP contribution in [0.3, 0.4) is 0 Å². The van der Waals surface area contributed by atoms with Crippen LogP contribution in [0, 0.1) is 0 Å². The Balaban J connectivity index is 0. The quantitative estimate of drug-likeness (QED) is 0.676. The van der Waals surface area contributed by atoms with Crippen LogP contribution in [-0.4, -0.2) is 25.8 Å². The molecule has 0 radical (unpaired) electrons. The van der Waals surface area contributed by atoms with E-state index in [-0.39, 0.29) is 6.15 Å². The van der Waals surface area contributed by atoms with Crippen molar-refractivity contribution < 1.29 is 30.3 Å². The summed E-state index contributed by atoms with van der Waals surface area (Å²) in [6.45, 7) is -1.09. The Morgan fingerprint density at radius 1 is 1.33 bits per heavy atom. The van der Waals surface area contributed by atoms with Gasteiger partial charge in [0.2, 0.25) is 0 Å². The minimum atomic E-state index is -4.75. The van der Waals surface area contributed by atoms with Gasteiger partial charge in [0.25, 0.3) is 0 Å². The molecule has 0 unspecified atom stereocenters. The van der Waals surface area contributed by atoms with Crippen LogP contribution in [0.4, 0.5) is 13.2 Å². The second-order valence-electron chi connectivity index (χ2n) is 1.61. The monoisotopic (exact) mass is 211 g/mol. The summed E-state index contributed by atoms with van der Waals surface area (Å²) in [5, 5.41) is 0. The fourth-order valence-corrected chi connectivity index (χ4v) is 0.557. The van der Waals surface area contributed by atoms with Crippen LogP contribution >= 0.6 is 0 Å². The van der Waals surface area contributed by atoms with Gasteiger partial charge >= 0.3 is 16.6 Å². The van der Waals surface area contributed by atoms with Crippen molar-refractivity contribution in [3.8, 4) is 0 Å². The number of halogens is 3. The average molecular weight is 211 g/mol. The van der Waals surface area contributed by atoms with E-state index in [1.165, 1.54) is 0 Å². The summed E-state index contributed by atoms with van der Waals surface area (Å²) in [4.78, 5) is 0. The van der Waals surface area contributed by atoms with E-state index >= 15 is 0 Å². The third-order valence-corrected chi connectivity index (χ3v) is 1.08. The molecule has 4 N–H and O–H groups in total. The van der Waals surface area contributed by atoms with Crippen molar-refractivity contribution in [3.05, 3.63) is 0 Å². The second kappa shape index (κ2) is 4.60. The van der Waals surface area contributed by atoms with Crippen LogP contribution < -0.4 is 6.15 Å². The lowest BCUT2D eigenvalue weighted by Crippen LogP contribution is -2.14. The normalized spacial score (nSPS) is 12.3. The highest BCUT2D eigenvalue weighted by atomic mass is 32.3. The minimum Gasteiger partial charge on any atom is -0.344 e. The first kappa shape index (κ1) is 14.2. The molecular weight excluding hydrogens is 203 g/mol. The van der Waals surface area contributed by atoms with E-state index < -0.39 is 29.6 Å². The minimum absolute atomic E-state index is 0. The summed E-state index contributed by atoms with van der Waals surface area (Å²) in [5.74, 6) is 0. The maximum Gasteiger partial charge on any atom is 0.397 e. The summed E-state index contributed by atoms with van der Waals surface area (Å²) in [7, 11) is -4.75. The number of alkyl halides is 3. The summed E-state index contributed by atoms with van der Waals surface area (Å²) in [6, 6.07) is 0. The number of hydrogen-bond acceptors (Lipinski definition) is 4. The smallest absolute Gasteiger partial charge is 0.344 e. The second-order valence-corrected chi connectivity index (χ2v) is 2.71. The van der Waals surface area contributed by atoms with Crippen LogP contribution in [0.1, 0.15) is 6.42 Å². The van der Waals surface area contributed by atoms with Gasteiger partial charge in [-0.25, -0.2) is 4.18 Å². The number of hydrogen-bond donors (Lipinski definition) is 2. The lowest BCUT2D eigenvalue weighted by atomic mass is 10.5. The maximum atomic E-state index is 11.3. The molecule has 0 aliphatic rings. The Morgan fingerprint density at radius 2 is 1.75 bits per heavy atom. The predicted molar refractivity (Wildman–Crippen MR) is 33.2 cm³/mol. The third-order valence-electron chi connectivity index (χ3n) is 0.618. The molecule has 76 valence electrons. The van der Waals surface area contributed by atoms with Crippen molar-refractivity contribution in [1.29, 1.82) is 0 Å². The molecular formula is C3H8F3NO4S. The molecule has 0 saturated heterocycles. The fourth-order valence-electron chi connectivity index (χ4n) is 0.263. The van der Waals surface area contributed by atoms with E-state index in [0.717, 1.165) is 0 Å². The Bertz CT molecular complexity index is 210. The van der Waals surface area contributed by atoms with E-state index in [9.17, 15) is 21.6 Å². The van der Waals surface area contributed by atoms with E-state index in [4.69, 9.17) is 4.55 Å². The summed E-state index contributed by atoms with van der Waals surface area (Å²) in [6.07, 6.45) is -5.89. The molecule has 0 amide bonds. The van der Waals surface area contributed by atoms with E-state index in [1.807, 2.05) is 0 Å². The molecule has 0 spiro atoms. The Hall–Kier alpha value is -0.380. The van der Waals surface area contributed by atoms with E-state index in [1.54, 1.807) is 0 Å². The molecule has 0 atom stereocenters. The highest BCUT2D eigenvalue weighted by molar-refractivity contribution is 7.80. The lowest BCUT2D eigenvalue weighted by Gasteiger charge is -2.03.